The number of nitrogens with one attached hydrogen (secondary N) is 1. The fourth-order valence-electron chi connectivity index (χ4n) is 1.69. The maximum absolute atomic E-state index is 12.1. The zero-order valence-electron chi connectivity index (χ0n) is 10.9. The molecule has 100 valence electrons. The molecule has 0 saturated heterocycles. The highest BCUT2D eigenvalue weighted by Gasteiger charge is 2.19. The van der Waals surface area contributed by atoms with Crippen molar-refractivity contribution in [3.05, 3.63) is 42.7 Å². The van der Waals surface area contributed by atoms with Crippen LogP contribution in [0.4, 0.5) is 5.69 Å². The molecule has 0 saturated carbocycles. The molecule has 0 spiro atoms. The molecule has 0 radical (unpaired) electrons. The van der Waals surface area contributed by atoms with E-state index in [1.807, 2.05) is 50.4 Å². The van der Waals surface area contributed by atoms with Crippen molar-refractivity contribution in [2.75, 3.05) is 5.32 Å². The summed E-state index contributed by atoms with van der Waals surface area (Å²) in [6.45, 7) is 4.00. The Balaban J connectivity index is 2.24. The molecule has 2 rings (SSSR count). The fourth-order valence-corrected chi connectivity index (χ4v) is 1.81. The highest BCUT2D eigenvalue weighted by molar-refractivity contribution is 9.10. The van der Waals surface area contributed by atoms with Crippen molar-refractivity contribution in [2.24, 2.45) is 5.92 Å². The lowest BCUT2D eigenvalue weighted by atomic mass is 10.1. The molecular formula is C14H16BrN3O. The van der Waals surface area contributed by atoms with Gasteiger partial charge in [0.1, 0.15) is 0 Å². The molecule has 1 atom stereocenters. The number of para-hydroxylation sites is 2. The molecule has 1 unspecified atom stereocenters. The number of amides is 1. The third-order valence-electron chi connectivity index (χ3n) is 2.75. The first-order chi connectivity index (χ1) is 9.09. The van der Waals surface area contributed by atoms with E-state index >= 15 is 0 Å². The first-order valence-corrected chi connectivity index (χ1v) is 7.05. The van der Waals surface area contributed by atoms with Gasteiger partial charge < -0.3 is 5.32 Å². The zero-order chi connectivity index (χ0) is 13.8. The summed E-state index contributed by atoms with van der Waals surface area (Å²) < 4.78 is 1.73. The third kappa shape index (κ3) is 3.23. The van der Waals surface area contributed by atoms with Crippen LogP contribution in [-0.2, 0) is 4.79 Å². The van der Waals surface area contributed by atoms with E-state index in [9.17, 15) is 4.79 Å². The Kier molecular flexibility index (Phi) is 4.37. The number of benzene rings is 1. The normalized spacial score (nSPS) is 12.4. The van der Waals surface area contributed by atoms with Crippen LogP contribution in [-0.4, -0.2) is 20.5 Å². The SMILES string of the molecule is CC(C)C(Br)C(=O)Nc1ccccc1-n1cccn1. The average Bonchev–Trinajstić information content (AvgIpc) is 2.92. The molecule has 1 aromatic carbocycles. The maximum Gasteiger partial charge on any atom is 0.238 e. The van der Waals surface area contributed by atoms with Crippen LogP contribution in [0.2, 0.25) is 0 Å². The van der Waals surface area contributed by atoms with Gasteiger partial charge in [0.05, 0.1) is 16.2 Å². The van der Waals surface area contributed by atoms with Crippen molar-refractivity contribution < 1.29 is 4.79 Å². The van der Waals surface area contributed by atoms with Crippen molar-refractivity contribution in [1.82, 2.24) is 9.78 Å². The van der Waals surface area contributed by atoms with E-state index in [-0.39, 0.29) is 16.7 Å². The lowest BCUT2D eigenvalue weighted by Gasteiger charge is -2.16. The molecule has 1 N–H and O–H groups in total. The Morgan fingerprint density at radius 1 is 1.32 bits per heavy atom. The van der Waals surface area contributed by atoms with E-state index in [4.69, 9.17) is 0 Å². The van der Waals surface area contributed by atoms with Gasteiger partial charge >= 0.3 is 0 Å². The Labute approximate surface area is 120 Å². The predicted octanol–water partition coefficient (Wildman–Crippen LogP) is 3.23. The molecule has 1 amide bonds. The molecule has 19 heavy (non-hydrogen) atoms. The summed E-state index contributed by atoms with van der Waals surface area (Å²) in [4.78, 5) is 11.9. The Hall–Kier alpha value is -1.62. The number of alkyl halides is 1. The molecule has 1 aromatic heterocycles. The monoisotopic (exact) mass is 321 g/mol. The number of carbonyl (C=O) groups excluding carboxylic acids is 1. The first-order valence-electron chi connectivity index (χ1n) is 6.13. The zero-order valence-corrected chi connectivity index (χ0v) is 12.5. The Morgan fingerprint density at radius 2 is 2.05 bits per heavy atom. The van der Waals surface area contributed by atoms with Crippen LogP contribution in [0.25, 0.3) is 5.69 Å². The predicted molar refractivity (Wildman–Crippen MR) is 79.7 cm³/mol. The fraction of sp³-hybridized carbons (Fsp3) is 0.286. The number of anilines is 1. The highest BCUT2D eigenvalue weighted by Crippen LogP contribution is 2.21. The van der Waals surface area contributed by atoms with E-state index in [2.05, 4.69) is 26.3 Å². The van der Waals surface area contributed by atoms with E-state index < -0.39 is 0 Å². The molecule has 0 aliphatic rings. The van der Waals surface area contributed by atoms with Crippen molar-refractivity contribution in [1.29, 1.82) is 0 Å². The van der Waals surface area contributed by atoms with Crippen molar-refractivity contribution in [2.45, 2.75) is 18.7 Å². The summed E-state index contributed by atoms with van der Waals surface area (Å²) in [7, 11) is 0. The molecule has 4 nitrogen and oxygen atoms in total. The Morgan fingerprint density at radius 3 is 2.68 bits per heavy atom. The van der Waals surface area contributed by atoms with Crippen molar-refractivity contribution >= 4 is 27.5 Å². The highest BCUT2D eigenvalue weighted by atomic mass is 79.9. The number of rotatable bonds is 4. The average molecular weight is 322 g/mol. The van der Waals surface area contributed by atoms with Crippen LogP contribution < -0.4 is 5.32 Å². The van der Waals surface area contributed by atoms with Crippen LogP contribution in [0.1, 0.15) is 13.8 Å². The van der Waals surface area contributed by atoms with Gasteiger partial charge in [-0.3, -0.25) is 4.79 Å². The van der Waals surface area contributed by atoms with Gasteiger partial charge in [0, 0.05) is 12.4 Å². The lowest BCUT2D eigenvalue weighted by molar-refractivity contribution is -0.116. The largest absolute Gasteiger partial charge is 0.323 e. The van der Waals surface area contributed by atoms with Gasteiger partial charge in [0.25, 0.3) is 0 Å². The quantitative estimate of drug-likeness (QED) is 0.879. The second-order valence-corrected chi connectivity index (χ2v) is 5.59. The summed E-state index contributed by atoms with van der Waals surface area (Å²) in [5.41, 5.74) is 1.60. The second kappa shape index (κ2) is 6.02. The summed E-state index contributed by atoms with van der Waals surface area (Å²) in [6.07, 6.45) is 3.55. The molecule has 0 aliphatic heterocycles. The molecule has 0 fully saturated rings. The van der Waals surface area contributed by atoms with Crippen LogP contribution in [0.3, 0.4) is 0 Å². The number of carbonyl (C=O) groups is 1. The maximum atomic E-state index is 12.1. The minimum atomic E-state index is -0.210. The molecule has 0 aliphatic carbocycles. The van der Waals surface area contributed by atoms with E-state index in [1.54, 1.807) is 10.9 Å². The minimum absolute atomic E-state index is 0.0467. The molecule has 5 heteroatoms. The molecule has 1 heterocycles. The van der Waals surface area contributed by atoms with Gasteiger partial charge in [-0.1, -0.05) is 41.9 Å². The lowest BCUT2D eigenvalue weighted by Crippen LogP contribution is -2.27. The second-order valence-electron chi connectivity index (χ2n) is 4.60. The smallest absolute Gasteiger partial charge is 0.238 e. The molecular weight excluding hydrogens is 306 g/mol. The van der Waals surface area contributed by atoms with Crippen molar-refractivity contribution in [3.8, 4) is 5.69 Å². The number of halogens is 1. The first kappa shape index (κ1) is 13.8. The van der Waals surface area contributed by atoms with Gasteiger partial charge in [-0.2, -0.15) is 5.10 Å². The van der Waals surface area contributed by atoms with Gasteiger partial charge in [-0.05, 0) is 24.1 Å². The van der Waals surface area contributed by atoms with Gasteiger partial charge in [-0.15, -0.1) is 0 Å². The number of hydrogen-bond acceptors (Lipinski definition) is 2. The summed E-state index contributed by atoms with van der Waals surface area (Å²) in [6, 6.07) is 9.44. The van der Waals surface area contributed by atoms with E-state index in [0.717, 1.165) is 11.4 Å². The summed E-state index contributed by atoms with van der Waals surface area (Å²) in [5, 5.41) is 7.12. The Bertz CT molecular complexity index is 552. The van der Waals surface area contributed by atoms with Crippen LogP contribution >= 0.6 is 15.9 Å². The number of aromatic nitrogens is 2. The van der Waals surface area contributed by atoms with Crippen molar-refractivity contribution in [3.63, 3.8) is 0 Å². The number of hydrogen-bond donors (Lipinski definition) is 1. The van der Waals surface area contributed by atoms with E-state index in [0.29, 0.717) is 0 Å². The van der Waals surface area contributed by atoms with Gasteiger partial charge in [0.15, 0.2) is 0 Å². The standard InChI is InChI=1S/C14H16BrN3O/c1-10(2)13(15)14(19)17-11-6-3-4-7-12(11)18-9-5-8-16-18/h3-10,13H,1-2H3,(H,17,19). The third-order valence-corrected chi connectivity index (χ3v) is 4.22. The summed E-state index contributed by atoms with van der Waals surface area (Å²) in [5.74, 6) is 0.187. The molecule has 2 aromatic rings. The van der Waals surface area contributed by atoms with E-state index in [1.165, 1.54) is 0 Å². The van der Waals surface area contributed by atoms with Crippen LogP contribution in [0.5, 0.6) is 0 Å². The number of nitrogens with zero attached hydrogens (tertiary/aromatic N) is 2. The van der Waals surface area contributed by atoms with Crippen LogP contribution in [0.15, 0.2) is 42.7 Å². The molecule has 0 bridgehead atoms. The van der Waals surface area contributed by atoms with Gasteiger partial charge in [-0.25, -0.2) is 4.68 Å². The minimum Gasteiger partial charge on any atom is -0.323 e. The van der Waals surface area contributed by atoms with Crippen LogP contribution in [0, 0.1) is 5.92 Å². The topological polar surface area (TPSA) is 46.9 Å². The van der Waals surface area contributed by atoms with Gasteiger partial charge in [0.2, 0.25) is 5.91 Å². The summed E-state index contributed by atoms with van der Waals surface area (Å²) >= 11 is 3.40.